The van der Waals surface area contributed by atoms with Gasteiger partial charge in [0, 0.05) is 0 Å². The first-order chi connectivity index (χ1) is 8.16. The number of hydrogen-bond acceptors (Lipinski definition) is 3. The molecule has 0 spiro atoms. The van der Waals surface area contributed by atoms with E-state index < -0.39 is 0 Å². The van der Waals surface area contributed by atoms with E-state index in [2.05, 4.69) is 10.2 Å². The number of anilines is 1. The Morgan fingerprint density at radius 2 is 1.65 bits per heavy atom. The first kappa shape index (κ1) is 11.3. The molecule has 0 unspecified atom stereocenters. The van der Waals surface area contributed by atoms with Gasteiger partial charge in [0.05, 0.1) is 11.4 Å². The van der Waals surface area contributed by atoms with Crippen LogP contribution in [0.1, 0.15) is 11.1 Å². The monoisotopic (exact) mass is 225 g/mol. The second-order valence-electron chi connectivity index (χ2n) is 4.05. The number of aryl methyl sites for hydroxylation is 2. The maximum atomic E-state index is 5.96. The summed E-state index contributed by atoms with van der Waals surface area (Å²) in [6, 6.07) is 13.6. The van der Waals surface area contributed by atoms with Gasteiger partial charge in [0.15, 0.2) is 0 Å². The Morgan fingerprint density at radius 1 is 0.941 bits per heavy atom. The Bertz CT molecular complexity index is 545. The van der Waals surface area contributed by atoms with E-state index in [4.69, 9.17) is 5.73 Å². The molecule has 17 heavy (non-hydrogen) atoms. The van der Waals surface area contributed by atoms with Crippen LogP contribution in [0, 0.1) is 13.8 Å². The highest BCUT2D eigenvalue weighted by molar-refractivity contribution is 5.67. The van der Waals surface area contributed by atoms with Gasteiger partial charge in [-0.3, -0.25) is 0 Å². The molecule has 0 radical (unpaired) electrons. The minimum atomic E-state index is 0.690. The SMILES string of the molecule is Cc1cc(C)c(N)c(N=Nc2ccccc2)c1. The predicted molar refractivity (Wildman–Crippen MR) is 70.9 cm³/mol. The van der Waals surface area contributed by atoms with Crippen molar-refractivity contribution >= 4 is 17.1 Å². The van der Waals surface area contributed by atoms with Crippen molar-refractivity contribution < 1.29 is 0 Å². The van der Waals surface area contributed by atoms with Gasteiger partial charge in [-0.1, -0.05) is 24.3 Å². The molecule has 0 heterocycles. The number of nitrogen functional groups attached to an aromatic ring is 1. The van der Waals surface area contributed by atoms with Crippen molar-refractivity contribution in [1.29, 1.82) is 0 Å². The largest absolute Gasteiger partial charge is 0.397 e. The molecule has 3 nitrogen and oxygen atoms in total. The van der Waals surface area contributed by atoms with Crippen LogP contribution in [-0.2, 0) is 0 Å². The fourth-order valence-corrected chi connectivity index (χ4v) is 1.65. The molecule has 2 aromatic carbocycles. The molecule has 0 fully saturated rings. The van der Waals surface area contributed by atoms with Gasteiger partial charge in [-0.2, -0.15) is 5.11 Å². The minimum absolute atomic E-state index is 0.690. The lowest BCUT2D eigenvalue weighted by Crippen LogP contribution is -1.90. The molecular formula is C14H15N3. The minimum Gasteiger partial charge on any atom is -0.397 e. The molecule has 0 saturated carbocycles. The fourth-order valence-electron chi connectivity index (χ4n) is 1.65. The van der Waals surface area contributed by atoms with Crippen molar-refractivity contribution in [1.82, 2.24) is 0 Å². The van der Waals surface area contributed by atoms with Crippen LogP contribution in [0.15, 0.2) is 52.7 Å². The van der Waals surface area contributed by atoms with E-state index in [1.807, 2.05) is 56.3 Å². The highest BCUT2D eigenvalue weighted by Crippen LogP contribution is 2.28. The number of nitrogens with zero attached hydrogens (tertiary/aromatic N) is 2. The van der Waals surface area contributed by atoms with E-state index in [1.165, 1.54) is 0 Å². The second-order valence-corrected chi connectivity index (χ2v) is 4.05. The van der Waals surface area contributed by atoms with E-state index in [0.29, 0.717) is 5.69 Å². The third-order valence-corrected chi connectivity index (χ3v) is 2.54. The van der Waals surface area contributed by atoms with Crippen LogP contribution in [-0.4, -0.2) is 0 Å². The molecule has 0 amide bonds. The Morgan fingerprint density at radius 3 is 2.35 bits per heavy atom. The highest BCUT2D eigenvalue weighted by Gasteiger charge is 2.02. The number of rotatable bonds is 2. The zero-order valence-electron chi connectivity index (χ0n) is 10.0. The molecule has 3 heteroatoms. The van der Waals surface area contributed by atoms with Crippen LogP contribution < -0.4 is 5.73 Å². The zero-order chi connectivity index (χ0) is 12.3. The van der Waals surface area contributed by atoms with Crippen LogP contribution in [0.3, 0.4) is 0 Å². The maximum Gasteiger partial charge on any atom is 0.109 e. The van der Waals surface area contributed by atoms with E-state index in [-0.39, 0.29) is 0 Å². The summed E-state index contributed by atoms with van der Waals surface area (Å²) in [4.78, 5) is 0. The Balaban J connectivity index is 2.33. The lowest BCUT2D eigenvalue weighted by molar-refractivity contribution is 1.22. The summed E-state index contributed by atoms with van der Waals surface area (Å²) in [5.74, 6) is 0. The molecule has 2 rings (SSSR count). The van der Waals surface area contributed by atoms with E-state index >= 15 is 0 Å². The Kier molecular flexibility index (Phi) is 3.19. The molecule has 86 valence electrons. The van der Waals surface area contributed by atoms with Gasteiger partial charge >= 0.3 is 0 Å². The quantitative estimate of drug-likeness (QED) is 0.601. The molecule has 0 atom stereocenters. The normalized spacial score (nSPS) is 10.9. The molecular weight excluding hydrogens is 210 g/mol. The number of benzene rings is 2. The summed E-state index contributed by atoms with van der Waals surface area (Å²) in [5.41, 5.74) is 10.4. The standard InChI is InChI=1S/C14H15N3/c1-10-8-11(2)14(15)13(9-10)17-16-12-6-4-3-5-7-12/h3-9H,15H2,1-2H3. The molecule has 0 aliphatic heterocycles. The van der Waals surface area contributed by atoms with Crippen molar-refractivity contribution in [3.05, 3.63) is 53.6 Å². The number of nitrogens with two attached hydrogens (primary N) is 1. The summed E-state index contributed by atoms with van der Waals surface area (Å²) < 4.78 is 0. The van der Waals surface area contributed by atoms with Crippen LogP contribution in [0.4, 0.5) is 17.1 Å². The van der Waals surface area contributed by atoms with Crippen LogP contribution in [0.25, 0.3) is 0 Å². The van der Waals surface area contributed by atoms with E-state index in [0.717, 1.165) is 22.5 Å². The van der Waals surface area contributed by atoms with Gasteiger partial charge in [-0.05, 0) is 43.2 Å². The molecule has 0 bridgehead atoms. The molecule has 0 aliphatic carbocycles. The number of azo groups is 1. The van der Waals surface area contributed by atoms with E-state index in [1.54, 1.807) is 0 Å². The lowest BCUT2D eigenvalue weighted by Gasteiger charge is -2.04. The van der Waals surface area contributed by atoms with E-state index in [9.17, 15) is 0 Å². The number of hydrogen-bond donors (Lipinski definition) is 1. The highest BCUT2D eigenvalue weighted by atomic mass is 15.1. The predicted octanol–water partition coefficient (Wildman–Crippen LogP) is 4.30. The summed E-state index contributed by atoms with van der Waals surface area (Å²) in [6.45, 7) is 4.00. The van der Waals surface area contributed by atoms with Crippen molar-refractivity contribution in [3.8, 4) is 0 Å². The van der Waals surface area contributed by atoms with Crippen LogP contribution in [0.2, 0.25) is 0 Å². The molecule has 0 saturated heterocycles. The van der Waals surface area contributed by atoms with Crippen molar-refractivity contribution in [2.75, 3.05) is 5.73 Å². The third-order valence-electron chi connectivity index (χ3n) is 2.54. The van der Waals surface area contributed by atoms with Gasteiger partial charge in [0.2, 0.25) is 0 Å². The molecule has 0 aromatic heterocycles. The van der Waals surface area contributed by atoms with Crippen molar-refractivity contribution in [2.24, 2.45) is 10.2 Å². The molecule has 2 N–H and O–H groups in total. The topological polar surface area (TPSA) is 50.7 Å². The van der Waals surface area contributed by atoms with Gasteiger partial charge in [0.1, 0.15) is 5.69 Å². The average Bonchev–Trinajstić information content (AvgIpc) is 2.33. The van der Waals surface area contributed by atoms with Crippen LogP contribution >= 0.6 is 0 Å². The smallest absolute Gasteiger partial charge is 0.109 e. The second kappa shape index (κ2) is 4.78. The van der Waals surface area contributed by atoms with Crippen molar-refractivity contribution in [3.63, 3.8) is 0 Å². The van der Waals surface area contributed by atoms with Gasteiger partial charge < -0.3 is 5.73 Å². The van der Waals surface area contributed by atoms with Gasteiger partial charge in [0.25, 0.3) is 0 Å². The lowest BCUT2D eigenvalue weighted by atomic mass is 10.1. The Hall–Kier alpha value is -2.16. The first-order valence-corrected chi connectivity index (χ1v) is 5.50. The summed E-state index contributed by atoms with van der Waals surface area (Å²) in [5, 5.41) is 8.36. The molecule has 2 aromatic rings. The Labute approximate surface area is 101 Å². The van der Waals surface area contributed by atoms with Crippen LogP contribution in [0.5, 0.6) is 0 Å². The van der Waals surface area contributed by atoms with Crippen molar-refractivity contribution in [2.45, 2.75) is 13.8 Å². The summed E-state index contributed by atoms with van der Waals surface area (Å²) >= 11 is 0. The fraction of sp³-hybridized carbons (Fsp3) is 0.143. The van der Waals surface area contributed by atoms with Gasteiger partial charge in [-0.15, -0.1) is 5.11 Å². The summed E-state index contributed by atoms with van der Waals surface area (Å²) in [7, 11) is 0. The summed E-state index contributed by atoms with van der Waals surface area (Å²) in [6.07, 6.45) is 0. The molecule has 0 aliphatic rings. The zero-order valence-corrected chi connectivity index (χ0v) is 10.0. The third kappa shape index (κ3) is 2.69. The first-order valence-electron chi connectivity index (χ1n) is 5.50. The maximum absolute atomic E-state index is 5.96. The average molecular weight is 225 g/mol. The van der Waals surface area contributed by atoms with Gasteiger partial charge in [-0.25, -0.2) is 0 Å².